The molecule has 0 amide bonds. The standard InChI is InChI=1S/C16H18O4/c1-3-7-12(16(18)19-4-2)15(17)14-10-11-8-5-6-9-13(11)20-14/h5-6,8-10,12H,3-4,7H2,1-2H3. The number of benzene rings is 1. The number of hydrogen-bond acceptors (Lipinski definition) is 4. The number of fused-ring (bicyclic) bond motifs is 1. The van der Waals surface area contributed by atoms with Gasteiger partial charge in [-0.25, -0.2) is 0 Å². The van der Waals surface area contributed by atoms with Crippen molar-refractivity contribution in [1.29, 1.82) is 0 Å². The molecule has 1 aromatic heterocycles. The Bertz CT molecular complexity index is 579. The highest BCUT2D eigenvalue weighted by Gasteiger charge is 2.30. The van der Waals surface area contributed by atoms with Gasteiger partial charge in [-0.2, -0.15) is 0 Å². The van der Waals surface area contributed by atoms with Crippen molar-refractivity contribution in [1.82, 2.24) is 0 Å². The van der Waals surface area contributed by atoms with Gasteiger partial charge in [0.15, 0.2) is 5.76 Å². The monoisotopic (exact) mass is 274 g/mol. The lowest BCUT2D eigenvalue weighted by atomic mass is 9.97. The lowest BCUT2D eigenvalue weighted by Gasteiger charge is -2.11. The van der Waals surface area contributed by atoms with Gasteiger partial charge in [0.25, 0.3) is 0 Å². The molecule has 0 aliphatic heterocycles. The molecule has 1 aromatic carbocycles. The van der Waals surface area contributed by atoms with Crippen LogP contribution in [0.2, 0.25) is 0 Å². The van der Waals surface area contributed by atoms with Gasteiger partial charge < -0.3 is 9.15 Å². The minimum Gasteiger partial charge on any atom is -0.465 e. The van der Waals surface area contributed by atoms with Crippen molar-refractivity contribution in [2.45, 2.75) is 26.7 Å². The molecule has 1 atom stereocenters. The van der Waals surface area contributed by atoms with Crippen molar-refractivity contribution in [3.63, 3.8) is 0 Å². The van der Waals surface area contributed by atoms with Gasteiger partial charge >= 0.3 is 5.97 Å². The van der Waals surface area contributed by atoms with Gasteiger partial charge in [0, 0.05) is 5.39 Å². The van der Waals surface area contributed by atoms with Crippen LogP contribution >= 0.6 is 0 Å². The molecule has 4 nitrogen and oxygen atoms in total. The largest absolute Gasteiger partial charge is 0.465 e. The van der Waals surface area contributed by atoms with Crippen molar-refractivity contribution in [3.8, 4) is 0 Å². The van der Waals surface area contributed by atoms with Gasteiger partial charge in [0.05, 0.1) is 6.61 Å². The summed E-state index contributed by atoms with van der Waals surface area (Å²) in [6.45, 7) is 3.93. The van der Waals surface area contributed by atoms with Gasteiger partial charge in [0.1, 0.15) is 11.5 Å². The van der Waals surface area contributed by atoms with Crippen LogP contribution in [0.5, 0.6) is 0 Å². The summed E-state index contributed by atoms with van der Waals surface area (Å²) in [7, 11) is 0. The average Bonchev–Trinajstić information content (AvgIpc) is 2.88. The van der Waals surface area contributed by atoms with Gasteiger partial charge in [-0.1, -0.05) is 31.5 Å². The van der Waals surface area contributed by atoms with E-state index in [0.29, 0.717) is 12.0 Å². The van der Waals surface area contributed by atoms with Gasteiger partial charge in [-0.15, -0.1) is 0 Å². The molecular formula is C16H18O4. The van der Waals surface area contributed by atoms with Crippen molar-refractivity contribution in [2.75, 3.05) is 6.61 Å². The fourth-order valence-corrected chi connectivity index (χ4v) is 2.16. The van der Waals surface area contributed by atoms with E-state index in [1.54, 1.807) is 19.1 Å². The van der Waals surface area contributed by atoms with Crippen molar-refractivity contribution >= 4 is 22.7 Å². The quantitative estimate of drug-likeness (QED) is 0.459. The molecule has 0 spiro atoms. The Hall–Kier alpha value is -2.10. The topological polar surface area (TPSA) is 56.5 Å². The second kappa shape index (κ2) is 6.37. The summed E-state index contributed by atoms with van der Waals surface area (Å²) < 4.78 is 10.5. The number of ether oxygens (including phenoxy) is 1. The van der Waals surface area contributed by atoms with E-state index in [1.807, 2.05) is 25.1 Å². The number of para-hydroxylation sites is 1. The molecule has 2 aromatic rings. The number of Topliss-reactive ketones (excluding diaryl/α,β-unsaturated/α-hetero) is 1. The zero-order valence-corrected chi connectivity index (χ0v) is 11.7. The van der Waals surface area contributed by atoms with Gasteiger partial charge in [-0.3, -0.25) is 9.59 Å². The molecule has 0 N–H and O–H groups in total. The highest BCUT2D eigenvalue weighted by Crippen LogP contribution is 2.23. The Kier molecular flexibility index (Phi) is 4.56. The fourth-order valence-electron chi connectivity index (χ4n) is 2.16. The highest BCUT2D eigenvalue weighted by atomic mass is 16.5. The second-order valence-corrected chi connectivity index (χ2v) is 4.61. The summed E-state index contributed by atoms with van der Waals surface area (Å²) >= 11 is 0. The van der Waals surface area contributed by atoms with E-state index in [4.69, 9.17) is 9.15 Å². The van der Waals surface area contributed by atoms with E-state index in [-0.39, 0.29) is 18.2 Å². The van der Waals surface area contributed by atoms with Crippen LogP contribution in [0.4, 0.5) is 0 Å². The third kappa shape index (κ3) is 2.90. The summed E-state index contributed by atoms with van der Waals surface area (Å²) in [5.74, 6) is -1.33. The minimum atomic E-state index is -0.777. The van der Waals surface area contributed by atoms with Crippen LogP contribution in [0.15, 0.2) is 34.7 Å². The second-order valence-electron chi connectivity index (χ2n) is 4.61. The maximum Gasteiger partial charge on any atom is 0.316 e. The Morgan fingerprint density at radius 3 is 2.65 bits per heavy atom. The van der Waals surface area contributed by atoms with Crippen LogP contribution in [-0.2, 0) is 9.53 Å². The van der Waals surface area contributed by atoms with Crippen molar-refractivity contribution in [2.24, 2.45) is 5.92 Å². The molecule has 0 aliphatic carbocycles. The van der Waals surface area contributed by atoms with E-state index >= 15 is 0 Å². The number of rotatable bonds is 6. The molecule has 0 bridgehead atoms. The van der Waals surface area contributed by atoms with Crippen LogP contribution in [-0.4, -0.2) is 18.4 Å². The number of ketones is 1. The average molecular weight is 274 g/mol. The summed E-state index contributed by atoms with van der Waals surface area (Å²) in [4.78, 5) is 24.3. The smallest absolute Gasteiger partial charge is 0.316 e. The van der Waals surface area contributed by atoms with E-state index in [2.05, 4.69) is 0 Å². The highest BCUT2D eigenvalue weighted by molar-refractivity contribution is 6.08. The molecule has 0 radical (unpaired) electrons. The van der Waals surface area contributed by atoms with E-state index < -0.39 is 11.9 Å². The molecular weight excluding hydrogens is 256 g/mol. The van der Waals surface area contributed by atoms with Crippen LogP contribution in [0.3, 0.4) is 0 Å². The number of hydrogen-bond donors (Lipinski definition) is 0. The predicted molar refractivity (Wildman–Crippen MR) is 75.6 cm³/mol. The first-order valence-electron chi connectivity index (χ1n) is 6.86. The van der Waals surface area contributed by atoms with Crippen LogP contribution in [0, 0.1) is 5.92 Å². The molecule has 0 aliphatic rings. The van der Waals surface area contributed by atoms with Crippen LogP contribution in [0.25, 0.3) is 11.0 Å². The Labute approximate surface area is 117 Å². The lowest BCUT2D eigenvalue weighted by Crippen LogP contribution is -2.26. The molecule has 1 unspecified atom stereocenters. The van der Waals surface area contributed by atoms with Gasteiger partial charge in [0.2, 0.25) is 5.78 Å². The van der Waals surface area contributed by atoms with E-state index in [1.165, 1.54) is 0 Å². The number of carbonyl (C=O) groups is 2. The normalized spacial score (nSPS) is 12.3. The Morgan fingerprint density at radius 1 is 1.25 bits per heavy atom. The first kappa shape index (κ1) is 14.3. The lowest BCUT2D eigenvalue weighted by molar-refractivity contribution is -0.146. The van der Waals surface area contributed by atoms with Gasteiger partial charge in [-0.05, 0) is 25.5 Å². The number of carbonyl (C=O) groups excluding carboxylic acids is 2. The molecule has 1 heterocycles. The van der Waals surface area contributed by atoms with Crippen molar-refractivity contribution in [3.05, 3.63) is 36.1 Å². The molecule has 20 heavy (non-hydrogen) atoms. The molecule has 0 saturated carbocycles. The molecule has 2 rings (SSSR count). The SMILES string of the molecule is CCCC(C(=O)OCC)C(=O)c1cc2ccccc2o1. The first-order valence-corrected chi connectivity index (χ1v) is 6.86. The summed E-state index contributed by atoms with van der Waals surface area (Å²) in [5.41, 5.74) is 0.648. The summed E-state index contributed by atoms with van der Waals surface area (Å²) in [6.07, 6.45) is 1.20. The number of esters is 1. The van der Waals surface area contributed by atoms with E-state index in [9.17, 15) is 9.59 Å². The number of furan rings is 1. The molecule has 0 fully saturated rings. The third-order valence-electron chi connectivity index (χ3n) is 3.13. The summed E-state index contributed by atoms with van der Waals surface area (Å²) in [5, 5.41) is 0.856. The van der Waals surface area contributed by atoms with Crippen LogP contribution < -0.4 is 0 Å². The predicted octanol–water partition coefficient (Wildman–Crippen LogP) is 3.59. The zero-order valence-electron chi connectivity index (χ0n) is 11.7. The first-order chi connectivity index (χ1) is 9.67. The zero-order chi connectivity index (χ0) is 14.5. The maximum atomic E-state index is 12.4. The molecule has 4 heteroatoms. The summed E-state index contributed by atoms with van der Waals surface area (Å²) in [6, 6.07) is 9.07. The van der Waals surface area contributed by atoms with Crippen molar-refractivity contribution < 1.29 is 18.7 Å². The maximum absolute atomic E-state index is 12.4. The Balaban J connectivity index is 2.28. The van der Waals surface area contributed by atoms with Crippen LogP contribution in [0.1, 0.15) is 37.2 Å². The fraction of sp³-hybridized carbons (Fsp3) is 0.375. The third-order valence-corrected chi connectivity index (χ3v) is 3.13. The van der Waals surface area contributed by atoms with E-state index in [0.717, 1.165) is 11.8 Å². The molecule has 106 valence electrons. The molecule has 0 saturated heterocycles. The Morgan fingerprint density at radius 2 is 2.00 bits per heavy atom. The minimum absolute atomic E-state index is 0.220.